The van der Waals surface area contributed by atoms with Gasteiger partial charge >= 0.3 is 0 Å². The van der Waals surface area contributed by atoms with Crippen molar-refractivity contribution >= 4 is 5.91 Å². The van der Waals surface area contributed by atoms with E-state index >= 15 is 0 Å². The van der Waals surface area contributed by atoms with E-state index in [9.17, 15) is 23.1 Å². The predicted octanol–water partition coefficient (Wildman–Crippen LogP) is 2.98. The van der Waals surface area contributed by atoms with E-state index in [-0.39, 0.29) is 11.5 Å². The maximum atomic E-state index is 13.3. The van der Waals surface area contributed by atoms with Gasteiger partial charge in [-0.1, -0.05) is 12.1 Å². The maximum absolute atomic E-state index is 13.3. The van der Waals surface area contributed by atoms with Crippen molar-refractivity contribution in [2.24, 2.45) is 0 Å². The molecule has 1 fully saturated rings. The van der Waals surface area contributed by atoms with Gasteiger partial charge in [-0.05, 0) is 41.8 Å². The molecule has 6 heteroatoms. The first-order valence-corrected chi connectivity index (χ1v) is 7.18. The maximum Gasteiger partial charge on any atom is 0.253 e. The smallest absolute Gasteiger partial charge is 0.253 e. The lowest BCUT2D eigenvalue weighted by atomic mass is 10.0. The minimum absolute atomic E-state index is 0.192. The van der Waals surface area contributed by atoms with Crippen molar-refractivity contribution in [2.75, 3.05) is 13.1 Å². The van der Waals surface area contributed by atoms with E-state index in [0.29, 0.717) is 30.6 Å². The summed E-state index contributed by atoms with van der Waals surface area (Å²) in [4.78, 5) is 13.8. The zero-order valence-electron chi connectivity index (χ0n) is 12.1. The summed E-state index contributed by atoms with van der Waals surface area (Å²) in [5.41, 5.74) is 1.09. The van der Waals surface area contributed by atoms with E-state index in [0.717, 1.165) is 12.1 Å². The molecule has 120 valence electrons. The van der Waals surface area contributed by atoms with Crippen molar-refractivity contribution in [1.29, 1.82) is 0 Å². The minimum Gasteiger partial charge on any atom is -0.391 e. The number of hydrogen-bond donors (Lipinski definition) is 1. The number of likely N-dealkylation sites (tertiary alicyclic amines) is 1. The topological polar surface area (TPSA) is 40.5 Å². The van der Waals surface area contributed by atoms with E-state index in [1.807, 2.05) is 0 Å². The Labute approximate surface area is 131 Å². The number of amides is 1. The number of carbonyl (C=O) groups excluding carboxylic acids is 1. The molecule has 1 amide bonds. The zero-order chi connectivity index (χ0) is 16.6. The second kappa shape index (κ2) is 6.04. The quantitative estimate of drug-likeness (QED) is 0.864. The molecule has 23 heavy (non-hydrogen) atoms. The van der Waals surface area contributed by atoms with Crippen LogP contribution in [0.1, 0.15) is 16.8 Å². The highest BCUT2D eigenvalue weighted by Crippen LogP contribution is 2.24. The fourth-order valence-corrected chi connectivity index (χ4v) is 2.64. The highest BCUT2D eigenvalue weighted by Gasteiger charge is 2.25. The van der Waals surface area contributed by atoms with Crippen LogP contribution in [-0.4, -0.2) is 35.1 Å². The van der Waals surface area contributed by atoms with Crippen LogP contribution in [0.25, 0.3) is 11.1 Å². The van der Waals surface area contributed by atoms with Crippen LogP contribution < -0.4 is 0 Å². The number of aliphatic hydroxyl groups is 1. The Morgan fingerprint density at radius 1 is 1.04 bits per heavy atom. The van der Waals surface area contributed by atoms with Crippen molar-refractivity contribution in [2.45, 2.75) is 12.5 Å². The van der Waals surface area contributed by atoms with Crippen LogP contribution in [0.2, 0.25) is 0 Å². The molecule has 1 aliphatic rings. The molecule has 3 rings (SSSR count). The molecular formula is C17H14F3NO2. The lowest BCUT2D eigenvalue weighted by Gasteiger charge is -2.15. The van der Waals surface area contributed by atoms with E-state index in [2.05, 4.69) is 0 Å². The second-order valence-corrected chi connectivity index (χ2v) is 5.52. The van der Waals surface area contributed by atoms with Gasteiger partial charge in [0, 0.05) is 18.7 Å². The van der Waals surface area contributed by atoms with Crippen molar-refractivity contribution in [3.63, 3.8) is 0 Å². The standard InChI is InChI=1S/C17H14F3NO2/c18-14-7-12(8-15(19)16(14)20)10-1-3-11(4-2-10)17(23)21-6-5-13(22)9-21/h1-4,7-8,13,22H,5-6,9H2/t13-/m0/s1. The van der Waals surface area contributed by atoms with Crippen LogP contribution in [-0.2, 0) is 0 Å². The molecule has 0 bridgehead atoms. The minimum atomic E-state index is -1.51. The molecule has 0 aliphatic carbocycles. The number of hydrogen-bond acceptors (Lipinski definition) is 2. The molecule has 0 radical (unpaired) electrons. The number of benzene rings is 2. The molecule has 0 saturated carbocycles. The predicted molar refractivity (Wildman–Crippen MR) is 78.3 cm³/mol. The Kier molecular flexibility index (Phi) is 4.09. The Morgan fingerprint density at radius 3 is 2.17 bits per heavy atom. The average Bonchev–Trinajstić information content (AvgIpc) is 2.98. The third kappa shape index (κ3) is 3.07. The third-order valence-corrected chi connectivity index (χ3v) is 3.90. The van der Waals surface area contributed by atoms with Crippen molar-refractivity contribution in [3.8, 4) is 11.1 Å². The Bertz CT molecular complexity index is 723. The molecule has 0 unspecified atom stereocenters. The third-order valence-electron chi connectivity index (χ3n) is 3.90. The van der Waals surface area contributed by atoms with Crippen LogP contribution >= 0.6 is 0 Å². The van der Waals surface area contributed by atoms with E-state index in [1.165, 1.54) is 0 Å². The number of carbonyl (C=O) groups is 1. The summed E-state index contributed by atoms with van der Waals surface area (Å²) in [6.07, 6.45) is 0.0567. The lowest BCUT2D eigenvalue weighted by molar-refractivity contribution is 0.0765. The molecule has 3 nitrogen and oxygen atoms in total. The van der Waals surface area contributed by atoms with Crippen molar-refractivity contribution in [1.82, 2.24) is 4.90 Å². The molecule has 1 saturated heterocycles. The number of nitrogens with zero attached hydrogens (tertiary/aromatic N) is 1. The van der Waals surface area contributed by atoms with E-state index < -0.39 is 23.6 Å². The van der Waals surface area contributed by atoms with Crippen molar-refractivity contribution < 1.29 is 23.1 Å². The molecule has 2 aromatic rings. The first-order valence-electron chi connectivity index (χ1n) is 7.18. The van der Waals surface area contributed by atoms with Crippen LogP contribution in [0.3, 0.4) is 0 Å². The van der Waals surface area contributed by atoms with Gasteiger partial charge in [0.1, 0.15) is 0 Å². The number of rotatable bonds is 2. The Morgan fingerprint density at radius 2 is 1.65 bits per heavy atom. The summed E-state index contributed by atoms with van der Waals surface area (Å²) >= 11 is 0. The molecule has 1 N–H and O–H groups in total. The first kappa shape index (κ1) is 15.6. The first-order chi connectivity index (χ1) is 11.0. The molecule has 0 spiro atoms. The van der Waals surface area contributed by atoms with Gasteiger partial charge < -0.3 is 10.0 Å². The molecule has 2 aromatic carbocycles. The lowest BCUT2D eigenvalue weighted by Crippen LogP contribution is -2.29. The summed E-state index contributed by atoms with van der Waals surface area (Å²) in [7, 11) is 0. The van der Waals surface area contributed by atoms with Gasteiger partial charge in [0.2, 0.25) is 0 Å². The van der Waals surface area contributed by atoms with Gasteiger partial charge in [-0.15, -0.1) is 0 Å². The summed E-state index contributed by atoms with van der Waals surface area (Å²) < 4.78 is 39.5. The second-order valence-electron chi connectivity index (χ2n) is 5.52. The van der Waals surface area contributed by atoms with Crippen LogP contribution in [0, 0.1) is 17.5 Å². The van der Waals surface area contributed by atoms with Crippen LogP contribution in [0.15, 0.2) is 36.4 Å². The van der Waals surface area contributed by atoms with Crippen LogP contribution in [0.5, 0.6) is 0 Å². The van der Waals surface area contributed by atoms with E-state index in [1.54, 1.807) is 29.2 Å². The van der Waals surface area contributed by atoms with Gasteiger partial charge in [0.05, 0.1) is 6.10 Å². The monoisotopic (exact) mass is 321 g/mol. The fourth-order valence-electron chi connectivity index (χ4n) is 2.64. The molecule has 1 atom stereocenters. The summed E-state index contributed by atoms with van der Waals surface area (Å²) in [6.45, 7) is 0.797. The number of halogens is 3. The molecule has 0 aromatic heterocycles. The van der Waals surface area contributed by atoms with E-state index in [4.69, 9.17) is 0 Å². The highest BCUT2D eigenvalue weighted by molar-refractivity contribution is 5.95. The molecular weight excluding hydrogens is 307 g/mol. The normalized spacial score (nSPS) is 17.6. The zero-order valence-corrected chi connectivity index (χ0v) is 12.1. The molecule has 1 heterocycles. The summed E-state index contributed by atoms with van der Waals surface area (Å²) in [6, 6.07) is 8.00. The average molecular weight is 321 g/mol. The summed E-state index contributed by atoms with van der Waals surface area (Å²) in [5.74, 6) is -4.23. The van der Waals surface area contributed by atoms with Crippen molar-refractivity contribution in [3.05, 3.63) is 59.4 Å². The number of β-amino-alcohol motifs (C(OH)–C–C–N with tert-alkyl or cyclic N) is 1. The van der Waals surface area contributed by atoms with Crippen LogP contribution in [0.4, 0.5) is 13.2 Å². The molecule has 1 aliphatic heterocycles. The highest BCUT2D eigenvalue weighted by atomic mass is 19.2. The SMILES string of the molecule is O=C(c1ccc(-c2cc(F)c(F)c(F)c2)cc1)N1CC[C@H](O)C1. The number of aliphatic hydroxyl groups excluding tert-OH is 1. The Hall–Kier alpha value is -2.34. The van der Waals surface area contributed by atoms with Gasteiger partial charge in [-0.25, -0.2) is 13.2 Å². The summed E-state index contributed by atoms with van der Waals surface area (Å²) in [5, 5.41) is 9.47. The van der Waals surface area contributed by atoms with Gasteiger partial charge in [-0.3, -0.25) is 4.79 Å². The van der Waals surface area contributed by atoms with Gasteiger partial charge in [0.25, 0.3) is 5.91 Å². The van der Waals surface area contributed by atoms with Gasteiger partial charge in [-0.2, -0.15) is 0 Å². The van der Waals surface area contributed by atoms with Gasteiger partial charge in [0.15, 0.2) is 17.5 Å². The largest absolute Gasteiger partial charge is 0.391 e. The fraction of sp³-hybridized carbons (Fsp3) is 0.235. The Balaban J connectivity index is 1.83.